The Balaban J connectivity index is 2.36. The number of amidine groups is 1. The quantitative estimate of drug-likeness (QED) is 0.527. The average Bonchev–Trinajstić information content (AvgIpc) is 2.14. The van der Waals surface area contributed by atoms with E-state index in [1.165, 1.54) is 0 Å². The van der Waals surface area contributed by atoms with E-state index in [9.17, 15) is 0 Å². The van der Waals surface area contributed by atoms with Crippen molar-refractivity contribution in [2.24, 2.45) is 5.16 Å². The second-order valence-corrected chi connectivity index (χ2v) is 1.42. The van der Waals surface area contributed by atoms with Crippen LogP contribution in [0.3, 0.4) is 0 Å². The van der Waals surface area contributed by atoms with Crippen LogP contribution in [0.4, 0.5) is 0 Å². The lowest BCUT2D eigenvalue weighted by molar-refractivity contribution is 0.164. The first kappa shape index (κ1) is 4.77. The molecule has 0 saturated heterocycles. The minimum absolute atomic E-state index is 0.478. The van der Waals surface area contributed by atoms with Crippen molar-refractivity contribution in [3.05, 3.63) is 0 Å². The van der Waals surface area contributed by atoms with Gasteiger partial charge in [0.25, 0.3) is 0 Å². The van der Waals surface area contributed by atoms with E-state index >= 15 is 0 Å². The Hall–Kier alpha value is -0.380. The molecule has 1 aliphatic rings. The van der Waals surface area contributed by atoms with Crippen LogP contribution in [0, 0.1) is 0 Å². The van der Waals surface area contributed by atoms with Crippen molar-refractivity contribution in [1.82, 2.24) is 5.32 Å². The maximum absolute atomic E-state index is 4.64. The monoisotopic (exact) mass is 117 g/mol. The van der Waals surface area contributed by atoms with Crippen molar-refractivity contribution >= 4 is 18.5 Å². The van der Waals surface area contributed by atoms with E-state index in [0.29, 0.717) is 12.5 Å². The molecule has 0 bridgehead atoms. The lowest BCUT2D eigenvalue weighted by Gasteiger charge is -1.86. The zero-order valence-electron chi connectivity index (χ0n) is 3.68. The molecule has 3 nitrogen and oxygen atoms in total. The van der Waals surface area contributed by atoms with Gasteiger partial charge in [-0.3, -0.25) is 0 Å². The second kappa shape index (κ2) is 2.07. The Kier molecular flexibility index (Phi) is 1.41. The molecule has 7 heavy (non-hydrogen) atoms. The van der Waals surface area contributed by atoms with E-state index in [1.54, 1.807) is 0 Å². The molecule has 0 amide bonds. The van der Waals surface area contributed by atoms with Crippen LogP contribution in [0.15, 0.2) is 5.16 Å². The first-order valence-corrected chi connectivity index (χ1v) is 2.52. The first-order valence-electron chi connectivity index (χ1n) is 1.94. The van der Waals surface area contributed by atoms with Crippen LogP contribution in [0.25, 0.3) is 0 Å². The van der Waals surface area contributed by atoms with Crippen LogP contribution in [-0.2, 0) is 4.84 Å². The highest BCUT2D eigenvalue weighted by atomic mass is 32.1. The largest absolute Gasteiger partial charge is 0.372 e. The van der Waals surface area contributed by atoms with Crippen molar-refractivity contribution in [3.8, 4) is 0 Å². The molecule has 0 saturated carbocycles. The lowest BCUT2D eigenvalue weighted by atomic mass is 10.7. The molecule has 0 aromatic rings. The van der Waals surface area contributed by atoms with Crippen molar-refractivity contribution in [2.45, 2.75) is 0 Å². The van der Waals surface area contributed by atoms with E-state index in [-0.39, 0.29) is 0 Å². The normalized spacial score (nSPS) is 17.6. The van der Waals surface area contributed by atoms with Crippen molar-refractivity contribution in [1.29, 1.82) is 0 Å². The summed E-state index contributed by atoms with van der Waals surface area (Å²) in [4.78, 5) is 4.56. The van der Waals surface area contributed by atoms with Gasteiger partial charge in [-0.15, -0.1) is 0 Å². The van der Waals surface area contributed by atoms with Crippen LogP contribution in [0.5, 0.6) is 0 Å². The summed E-state index contributed by atoms with van der Waals surface area (Å²) in [6.07, 6.45) is 0. The first-order chi connectivity index (χ1) is 3.43. The van der Waals surface area contributed by atoms with Gasteiger partial charge in [-0.05, 0) is 0 Å². The predicted octanol–water partition coefficient (Wildman–Crippen LogP) is 0.0747. The highest BCUT2D eigenvalue weighted by molar-refractivity contribution is 7.81. The van der Waals surface area contributed by atoms with Gasteiger partial charge in [0.2, 0.25) is 0 Å². The zero-order valence-corrected chi connectivity index (χ0v) is 4.49. The average molecular weight is 117 g/mol. The van der Waals surface area contributed by atoms with Gasteiger partial charge >= 0.3 is 0 Å². The molecule has 0 aliphatic carbocycles. The fraction of sp³-hybridized carbons (Fsp3) is 0.667. The Bertz CT molecular complexity index is 92.9. The van der Waals surface area contributed by atoms with E-state index < -0.39 is 0 Å². The Labute approximate surface area is 47.1 Å². The lowest BCUT2D eigenvalue weighted by Crippen LogP contribution is -2.18. The van der Waals surface area contributed by atoms with Crippen LogP contribution in [0.1, 0.15) is 0 Å². The third-order valence-corrected chi connectivity index (χ3v) is 0.926. The molecular formula is C3H5N2OS. The predicted molar refractivity (Wildman–Crippen MR) is 29.0 cm³/mol. The number of nitrogens with zero attached hydrogens (tertiary/aromatic N) is 1. The van der Waals surface area contributed by atoms with E-state index in [4.69, 9.17) is 0 Å². The molecule has 4 heteroatoms. The zero-order chi connectivity index (χ0) is 5.11. The minimum Gasteiger partial charge on any atom is -0.372 e. The molecule has 0 spiro atoms. The summed E-state index contributed by atoms with van der Waals surface area (Å²) in [6.45, 7) is 0.478. The van der Waals surface area contributed by atoms with Crippen LogP contribution in [0.2, 0.25) is 0 Å². The molecule has 1 heterocycles. The van der Waals surface area contributed by atoms with Gasteiger partial charge in [-0.25, -0.2) is 0 Å². The number of nitrogens with one attached hydrogen (secondary N) is 1. The molecule has 39 valence electrons. The van der Waals surface area contributed by atoms with Crippen molar-refractivity contribution in [3.63, 3.8) is 0 Å². The van der Waals surface area contributed by atoms with Crippen LogP contribution >= 0.6 is 12.6 Å². The molecule has 1 aliphatic heterocycles. The fourth-order valence-corrected chi connectivity index (χ4v) is 0.490. The van der Waals surface area contributed by atoms with Gasteiger partial charge in [-0.2, -0.15) is 0 Å². The van der Waals surface area contributed by atoms with E-state index in [2.05, 4.69) is 27.9 Å². The van der Waals surface area contributed by atoms with Gasteiger partial charge in [0.1, 0.15) is 0 Å². The number of rotatable bonds is 1. The summed E-state index contributed by atoms with van der Waals surface area (Å²) < 4.78 is 0. The summed E-state index contributed by atoms with van der Waals surface area (Å²) in [5.41, 5.74) is 0. The van der Waals surface area contributed by atoms with Gasteiger partial charge < -0.3 is 10.2 Å². The van der Waals surface area contributed by atoms with E-state index in [0.717, 1.165) is 5.84 Å². The summed E-state index contributed by atoms with van der Waals surface area (Å²) in [7, 11) is 0. The third-order valence-electron chi connectivity index (χ3n) is 0.652. The smallest absolute Gasteiger partial charge is 0.188 e. The maximum Gasteiger partial charge on any atom is 0.188 e. The standard InChI is InChI=1S/C3H5N2OS/c7-1-3-4-2-6-5-3/h1-2H2,(H,4,5). The highest BCUT2D eigenvalue weighted by Gasteiger charge is 2.01. The molecule has 0 aromatic carbocycles. The second-order valence-electron chi connectivity index (χ2n) is 1.13. The summed E-state index contributed by atoms with van der Waals surface area (Å²) >= 11 is 4.64. The summed E-state index contributed by atoms with van der Waals surface area (Å²) in [6, 6.07) is 0. The highest BCUT2D eigenvalue weighted by Crippen LogP contribution is 1.87. The molecule has 1 N–H and O–H groups in total. The van der Waals surface area contributed by atoms with Gasteiger partial charge in [0, 0.05) is 0 Å². The van der Waals surface area contributed by atoms with Crippen molar-refractivity contribution in [2.75, 3.05) is 12.5 Å². The van der Waals surface area contributed by atoms with Crippen LogP contribution in [-0.4, -0.2) is 18.3 Å². The Morgan fingerprint density at radius 3 is 3.14 bits per heavy atom. The summed E-state index contributed by atoms with van der Waals surface area (Å²) in [5.74, 6) is 1.27. The third kappa shape index (κ3) is 0.991. The molecule has 1 radical (unpaired) electrons. The molecular weight excluding hydrogens is 112 g/mol. The fourth-order valence-electron chi connectivity index (χ4n) is 0.335. The maximum atomic E-state index is 4.64. The minimum atomic E-state index is 0.478. The van der Waals surface area contributed by atoms with Crippen LogP contribution < -0.4 is 5.32 Å². The number of hydrogen-bond acceptors (Lipinski definition) is 3. The Morgan fingerprint density at radius 2 is 2.86 bits per heavy atom. The molecule has 0 unspecified atom stereocenters. The summed E-state index contributed by atoms with van der Waals surface area (Å²) in [5, 5.41) is 6.39. The van der Waals surface area contributed by atoms with Gasteiger partial charge in [0.05, 0.1) is 5.75 Å². The van der Waals surface area contributed by atoms with Gasteiger partial charge in [0.15, 0.2) is 12.6 Å². The molecule has 0 atom stereocenters. The van der Waals surface area contributed by atoms with Crippen molar-refractivity contribution < 1.29 is 4.84 Å². The SMILES string of the molecule is [S]CC1=NOCN1. The number of oxime groups is 1. The molecule has 1 rings (SSSR count). The van der Waals surface area contributed by atoms with Gasteiger partial charge in [-0.1, -0.05) is 17.8 Å². The molecule has 0 aromatic heterocycles. The Morgan fingerprint density at radius 1 is 2.00 bits per heavy atom. The number of hydrogen-bond donors (Lipinski definition) is 1. The topological polar surface area (TPSA) is 33.6 Å². The van der Waals surface area contributed by atoms with E-state index in [1.807, 2.05) is 0 Å². The molecule has 0 fully saturated rings.